The summed E-state index contributed by atoms with van der Waals surface area (Å²) in [7, 11) is 0. The van der Waals surface area contributed by atoms with Gasteiger partial charge in [0.2, 0.25) is 0 Å². The molecular weight excluding hydrogens is 246 g/mol. The molecule has 0 saturated carbocycles. The average Bonchev–Trinajstić information content (AvgIpc) is 2.48. The molecule has 0 saturated heterocycles. The number of hydrogen-bond donors (Lipinski definition) is 1. The number of thiophene rings is 1. The minimum atomic E-state index is -0.374. The molecule has 1 unspecified atom stereocenters. The van der Waals surface area contributed by atoms with Gasteiger partial charge in [0.05, 0.1) is 5.54 Å². The van der Waals surface area contributed by atoms with Crippen molar-refractivity contribution in [1.29, 1.82) is 0 Å². The summed E-state index contributed by atoms with van der Waals surface area (Å²) in [5.74, 6) is 6.13. The Bertz CT molecular complexity index is 343. The average molecular weight is 258 g/mol. The summed E-state index contributed by atoms with van der Waals surface area (Å²) in [6.07, 6.45) is 0.863. The zero-order chi connectivity index (χ0) is 9.90. The van der Waals surface area contributed by atoms with Crippen LogP contribution in [0.1, 0.15) is 25.8 Å². The van der Waals surface area contributed by atoms with E-state index in [0.29, 0.717) is 0 Å². The van der Waals surface area contributed by atoms with Crippen molar-refractivity contribution in [2.45, 2.75) is 25.8 Å². The molecule has 1 heterocycles. The molecule has 70 valence electrons. The molecular formula is C10H12BrNS. The summed E-state index contributed by atoms with van der Waals surface area (Å²) in [6, 6.07) is 0. The molecule has 1 aromatic rings. The molecule has 0 radical (unpaired) electrons. The maximum Gasteiger partial charge on any atom is 0.0748 e. The molecule has 0 aliphatic rings. The highest BCUT2D eigenvalue weighted by atomic mass is 79.9. The number of rotatable bonds is 1. The zero-order valence-corrected chi connectivity index (χ0v) is 10.1. The fraction of sp³-hybridized carbons (Fsp3) is 0.400. The Morgan fingerprint density at radius 2 is 2.31 bits per heavy atom. The Hall–Kier alpha value is -0.300. The van der Waals surface area contributed by atoms with Crippen LogP contribution in [0.4, 0.5) is 0 Å². The van der Waals surface area contributed by atoms with E-state index in [9.17, 15) is 0 Å². The van der Waals surface area contributed by atoms with Crippen LogP contribution in [0.25, 0.3) is 0 Å². The summed E-state index contributed by atoms with van der Waals surface area (Å²) in [5.41, 5.74) is 6.55. The molecule has 0 aromatic carbocycles. The second-order valence-electron chi connectivity index (χ2n) is 3.15. The van der Waals surface area contributed by atoms with Gasteiger partial charge in [-0.2, -0.15) is 0 Å². The van der Waals surface area contributed by atoms with Crippen molar-refractivity contribution in [2.24, 2.45) is 5.73 Å². The van der Waals surface area contributed by atoms with Crippen molar-refractivity contribution in [3.63, 3.8) is 0 Å². The Kier molecular flexibility index (Phi) is 3.55. The SMILES string of the molecule is CCC(C)(N)C#Cc1cscc1Br. The fourth-order valence-electron chi connectivity index (χ4n) is 0.669. The van der Waals surface area contributed by atoms with Crippen molar-refractivity contribution in [1.82, 2.24) is 0 Å². The second-order valence-corrected chi connectivity index (χ2v) is 4.75. The van der Waals surface area contributed by atoms with Crippen LogP contribution in [0.15, 0.2) is 15.2 Å². The smallest absolute Gasteiger partial charge is 0.0748 e. The summed E-state index contributed by atoms with van der Waals surface area (Å²) >= 11 is 5.06. The number of hydrogen-bond acceptors (Lipinski definition) is 2. The van der Waals surface area contributed by atoms with Gasteiger partial charge in [-0.15, -0.1) is 11.3 Å². The maximum absolute atomic E-state index is 5.90. The minimum absolute atomic E-state index is 0.374. The predicted octanol–water partition coefficient (Wildman–Crippen LogP) is 2.99. The molecule has 2 N–H and O–H groups in total. The molecule has 0 amide bonds. The first kappa shape index (κ1) is 10.8. The van der Waals surface area contributed by atoms with Crippen LogP contribution in [0.2, 0.25) is 0 Å². The fourth-order valence-corrected chi connectivity index (χ4v) is 1.99. The quantitative estimate of drug-likeness (QED) is 0.770. The molecule has 0 fully saturated rings. The van der Waals surface area contributed by atoms with Crippen LogP contribution in [-0.2, 0) is 0 Å². The van der Waals surface area contributed by atoms with Gasteiger partial charge in [-0.25, -0.2) is 0 Å². The third-order valence-corrected chi connectivity index (χ3v) is 3.53. The van der Waals surface area contributed by atoms with E-state index in [1.54, 1.807) is 11.3 Å². The van der Waals surface area contributed by atoms with Crippen LogP contribution in [0, 0.1) is 11.8 Å². The van der Waals surface area contributed by atoms with E-state index in [1.165, 1.54) is 0 Å². The summed E-state index contributed by atoms with van der Waals surface area (Å²) in [4.78, 5) is 0. The van der Waals surface area contributed by atoms with Crippen molar-refractivity contribution in [3.8, 4) is 11.8 Å². The van der Waals surface area contributed by atoms with Crippen LogP contribution in [-0.4, -0.2) is 5.54 Å². The summed E-state index contributed by atoms with van der Waals surface area (Å²) in [6.45, 7) is 3.98. The van der Waals surface area contributed by atoms with E-state index in [2.05, 4.69) is 27.8 Å². The molecule has 3 heteroatoms. The minimum Gasteiger partial charge on any atom is -0.315 e. The topological polar surface area (TPSA) is 26.0 Å². The highest BCUT2D eigenvalue weighted by Crippen LogP contribution is 2.20. The first-order chi connectivity index (χ1) is 6.05. The van der Waals surface area contributed by atoms with E-state index in [1.807, 2.05) is 24.6 Å². The molecule has 1 aromatic heterocycles. The highest BCUT2D eigenvalue weighted by Gasteiger charge is 2.10. The monoisotopic (exact) mass is 257 g/mol. The van der Waals surface area contributed by atoms with Crippen LogP contribution < -0.4 is 5.73 Å². The van der Waals surface area contributed by atoms with Gasteiger partial charge in [0.1, 0.15) is 0 Å². The lowest BCUT2D eigenvalue weighted by atomic mass is 10.0. The largest absolute Gasteiger partial charge is 0.315 e. The van der Waals surface area contributed by atoms with Gasteiger partial charge < -0.3 is 5.73 Å². The van der Waals surface area contributed by atoms with Crippen molar-refractivity contribution < 1.29 is 0 Å². The van der Waals surface area contributed by atoms with Gasteiger partial charge in [-0.1, -0.05) is 18.8 Å². The zero-order valence-electron chi connectivity index (χ0n) is 7.73. The van der Waals surface area contributed by atoms with E-state index in [4.69, 9.17) is 5.73 Å². The lowest BCUT2D eigenvalue weighted by molar-refractivity contribution is 0.586. The molecule has 1 nitrogen and oxygen atoms in total. The van der Waals surface area contributed by atoms with Crippen molar-refractivity contribution in [3.05, 3.63) is 20.8 Å². The van der Waals surface area contributed by atoms with E-state index in [0.717, 1.165) is 16.5 Å². The molecule has 13 heavy (non-hydrogen) atoms. The van der Waals surface area contributed by atoms with Gasteiger partial charge in [-0.05, 0) is 29.3 Å². The first-order valence-corrected chi connectivity index (χ1v) is 5.82. The van der Waals surface area contributed by atoms with Crippen LogP contribution in [0.3, 0.4) is 0 Å². The Balaban J connectivity index is 2.84. The predicted molar refractivity (Wildman–Crippen MR) is 61.8 cm³/mol. The Labute approximate surface area is 91.5 Å². The number of nitrogens with two attached hydrogens (primary N) is 1. The standard InChI is InChI=1S/C10H12BrNS/c1-3-10(2,12)5-4-8-6-13-7-9(8)11/h6-7H,3,12H2,1-2H3. The molecule has 1 rings (SSSR count). The lowest BCUT2D eigenvalue weighted by Gasteiger charge is -2.13. The second kappa shape index (κ2) is 4.28. The van der Waals surface area contributed by atoms with E-state index < -0.39 is 0 Å². The Morgan fingerprint density at radius 1 is 1.62 bits per heavy atom. The highest BCUT2D eigenvalue weighted by molar-refractivity contribution is 9.10. The number of halogens is 1. The third kappa shape index (κ3) is 3.15. The van der Waals surface area contributed by atoms with Crippen LogP contribution in [0.5, 0.6) is 0 Å². The lowest BCUT2D eigenvalue weighted by Crippen LogP contribution is -2.32. The third-order valence-electron chi connectivity index (χ3n) is 1.83. The molecule has 1 atom stereocenters. The maximum atomic E-state index is 5.90. The van der Waals surface area contributed by atoms with E-state index >= 15 is 0 Å². The summed E-state index contributed by atoms with van der Waals surface area (Å²) < 4.78 is 1.05. The molecule has 0 bridgehead atoms. The van der Waals surface area contributed by atoms with Gasteiger partial charge in [0.25, 0.3) is 0 Å². The molecule has 0 aliphatic heterocycles. The first-order valence-electron chi connectivity index (χ1n) is 4.09. The van der Waals surface area contributed by atoms with Crippen molar-refractivity contribution >= 4 is 27.3 Å². The van der Waals surface area contributed by atoms with Gasteiger partial charge >= 0.3 is 0 Å². The molecule has 0 spiro atoms. The summed E-state index contributed by atoms with van der Waals surface area (Å²) in [5, 5.41) is 4.03. The van der Waals surface area contributed by atoms with Crippen molar-refractivity contribution in [2.75, 3.05) is 0 Å². The normalized spacial score (nSPS) is 14.5. The van der Waals surface area contributed by atoms with Gasteiger partial charge in [-0.3, -0.25) is 0 Å². The van der Waals surface area contributed by atoms with E-state index in [-0.39, 0.29) is 5.54 Å². The van der Waals surface area contributed by atoms with Gasteiger partial charge in [0.15, 0.2) is 0 Å². The van der Waals surface area contributed by atoms with Gasteiger partial charge in [0, 0.05) is 20.8 Å². The van der Waals surface area contributed by atoms with Crippen LogP contribution >= 0.6 is 27.3 Å². The Morgan fingerprint density at radius 3 is 2.77 bits per heavy atom. The molecule has 0 aliphatic carbocycles.